The summed E-state index contributed by atoms with van der Waals surface area (Å²) < 4.78 is 0. The van der Waals surface area contributed by atoms with Crippen LogP contribution in [0.1, 0.15) is 32.7 Å². The normalized spacial score (nSPS) is 10.1. The molecule has 1 aromatic rings. The molecule has 0 aliphatic rings. The minimum atomic E-state index is -1.32. The fraction of sp³-hybridized carbons (Fsp3) is 0.250. The number of aromatic carboxylic acids is 2. The summed E-state index contributed by atoms with van der Waals surface area (Å²) in [6.45, 7) is 0.520. The van der Waals surface area contributed by atoms with Crippen LogP contribution in [-0.4, -0.2) is 39.8 Å². The van der Waals surface area contributed by atoms with E-state index >= 15 is 0 Å². The molecule has 0 atom stereocenters. The molecule has 19 heavy (non-hydrogen) atoms. The second-order valence-corrected chi connectivity index (χ2v) is 3.81. The Morgan fingerprint density at radius 3 is 2.16 bits per heavy atom. The van der Waals surface area contributed by atoms with Crippen LogP contribution in [0.2, 0.25) is 0 Å². The summed E-state index contributed by atoms with van der Waals surface area (Å²) in [5.41, 5.74) is 0.0135. The SMILES string of the molecule is O=C(O)CCNCc1ccc(C(=O)O)c(C(=O)O)c1. The largest absolute Gasteiger partial charge is 0.481 e. The van der Waals surface area contributed by atoms with Crippen LogP contribution in [0.15, 0.2) is 18.2 Å². The lowest BCUT2D eigenvalue weighted by Crippen LogP contribution is -2.18. The Labute approximate surface area is 108 Å². The maximum atomic E-state index is 10.9. The lowest BCUT2D eigenvalue weighted by Gasteiger charge is -2.07. The van der Waals surface area contributed by atoms with E-state index in [0.29, 0.717) is 5.56 Å². The van der Waals surface area contributed by atoms with Crippen LogP contribution < -0.4 is 5.32 Å². The maximum Gasteiger partial charge on any atom is 0.336 e. The Morgan fingerprint density at radius 2 is 1.63 bits per heavy atom. The smallest absolute Gasteiger partial charge is 0.336 e. The van der Waals surface area contributed by atoms with Crippen LogP contribution in [0, 0.1) is 0 Å². The first-order valence-electron chi connectivity index (χ1n) is 5.44. The first kappa shape index (κ1) is 14.7. The van der Waals surface area contributed by atoms with E-state index in [2.05, 4.69) is 5.32 Å². The molecular weight excluding hydrogens is 254 g/mol. The molecule has 0 saturated heterocycles. The number of carboxylic acid groups (broad SMARTS) is 3. The quantitative estimate of drug-likeness (QED) is 0.534. The number of hydrogen-bond acceptors (Lipinski definition) is 4. The molecule has 0 aliphatic heterocycles. The monoisotopic (exact) mass is 267 g/mol. The van der Waals surface area contributed by atoms with Gasteiger partial charge in [0, 0.05) is 13.1 Å². The number of aliphatic carboxylic acids is 1. The number of hydrogen-bond donors (Lipinski definition) is 4. The van der Waals surface area contributed by atoms with Crippen molar-refractivity contribution < 1.29 is 29.7 Å². The van der Waals surface area contributed by atoms with Crippen molar-refractivity contribution in [3.8, 4) is 0 Å². The molecule has 1 aromatic carbocycles. The van der Waals surface area contributed by atoms with Gasteiger partial charge in [-0.05, 0) is 17.7 Å². The molecule has 7 nitrogen and oxygen atoms in total. The van der Waals surface area contributed by atoms with Gasteiger partial charge < -0.3 is 20.6 Å². The van der Waals surface area contributed by atoms with Crippen LogP contribution >= 0.6 is 0 Å². The third-order valence-corrected chi connectivity index (χ3v) is 2.39. The van der Waals surface area contributed by atoms with Gasteiger partial charge in [-0.3, -0.25) is 4.79 Å². The molecule has 0 unspecified atom stereocenters. The van der Waals surface area contributed by atoms with Crippen molar-refractivity contribution in [3.63, 3.8) is 0 Å². The molecule has 0 spiro atoms. The van der Waals surface area contributed by atoms with Gasteiger partial charge in [-0.15, -0.1) is 0 Å². The van der Waals surface area contributed by atoms with Gasteiger partial charge in [-0.1, -0.05) is 6.07 Å². The van der Waals surface area contributed by atoms with Crippen LogP contribution in [0.5, 0.6) is 0 Å². The number of rotatable bonds is 7. The third kappa shape index (κ3) is 4.40. The summed E-state index contributed by atoms with van der Waals surface area (Å²) in [5, 5.41) is 29.0. The number of carbonyl (C=O) groups is 3. The molecule has 7 heteroatoms. The molecule has 102 valence electrons. The second kappa shape index (κ2) is 6.50. The molecule has 0 saturated carbocycles. The Kier molecular flexibility index (Phi) is 5.01. The van der Waals surface area contributed by atoms with E-state index < -0.39 is 17.9 Å². The molecule has 0 bridgehead atoms. The van der Waals surface area contributed by atoms with E-state index in [-0.39, 0.29) is 30.6 Å². The molecule has 0 amide bonds. The Morgan fingerprint density at radius 1 is 1.00 bits per heavy atom. The summed E-state index contributed by atoms with van der Waals surface area (Å²) in [5.74, 6) is -3.55. The van der Waals surface area contributed by atoms with E-state index in [1.807, 2.05) is 0 Å². The zero-order valence-corrected chi connectivity index (χ0v) is 9.92. The van der Waals surface area contributed by atoms with Gasteiger partial charge in [0.05, 0.1) is 17.5 Å². The third-order valence-electron chi connectivity index (χ3n) is 2.39. The standard InChI is InChI=1S/C12H13NO6/c14-10(15)3-4-13-6-7-1-2-8(11(16)17)9(5-7)12(18)19/h1-2,5,13H,3-4,6H2,(H,14,15)(H,16,17)(H,18,19). The van der Waals surface area contributed by atoms with Gasteiger partial charge in [0.15, 0.2) is 0 Å². The minimum absolute atomic E-state index is 0.0427. The summed E-state index contributed by atoms with van der Waals surface area (Å²) >= 11 is 0. The molecule has 4 N–H and O–H groups in total. The first-order chi connectivity index (χ1) is 8.91. The zero-order valence-electron chi connectivity index (χ0n) is 9.92. The fourth-order valence-corrected chi connectivity index (χ4v) is 1.49. The van der Waals surface area contributed by atoms with E-state index in [9.17, 15) is 14.4 Å². The fourth-order valence-electron chi connectivity index (χ4n) is 1.49. The maximum absolute atomic E-state index is 10.9. The van der Waals surface area contributed by atoms with E-state index in [1.54, 1.807) is 0 Å². The highest BCUT2D eigenvalue weighted by Crippen LogP contribution is 2.12. The molecule has 0 aromatic heterocycles. The van der Waals surface area contributed by atoms with Crippen molar-refractivity contribution in [1.29, 1.82) is 0 Å². The highest BCUT2D eigenvalue weighted by Gasteiger charge is 2.16. The lowest BCUT2D eigenvalue weighted by molar-refractivity contribution is -0.136. The average Bonchev–Trinajstić information content (AvgIpc) is 2.33. The minimum Gasteiger partial charge on any atom is -0.481 e. The van der Waals surface area contributed by atoms with Gasteiger partial charge >= 0.3 is 17.9 Å². The van der Waals surface area contributed by atoms with Crippen LogP contribution in [0.3, 0.4) is 0 Å². The van der Waals surface area contributed by atoms with Crippen molar-refractivity contribution in [2.75, 3.05) is 6.54 Å². The van der Waals surface area contributed by atoms with Gasteiger partial charge in [-0.25, -0.2) is 9.59 Å². The molecule has 1 rings (SSSR count). The molecule has 0 aliphatic carbocycles. The summed E-state index contributed by atoms with van der Waals surface area (Å²) in [4.78, 5) is 32.1. The summed E-state index contributed by atoms with van der Waals surface area (Å²) in [6, 6.07) is 3.98. The zero-order chi connectivity index (χ0) is 14.4. The number of nitrogens with one attached hydrogen (secondary N) is 1. The molecule has 0 fully saturated rings. The van der Waals surface area contributed by atoms with E-state index in [0.717, 1.165) is 0 Å². The Balaban J connectivity index is 2.76. The topological polar surface area (TPSA) is 124 Å². The molecular formula is C12H13NO6. The lowest BCUT2D eigenvalue weighted by atomic mass is 10.0. The van der Waals surface area contributed by atoms with Crippen molar-refractivity contribution in [1.82, 2.24) is 5.32 Å². The van der Waals surface area contributed by atoms with Gasteiger partial charge in [-0.2, -0.15) is 0 Å². The van der Waals surface area contributed by atoms with E-state index in [1.165, 1.54) is 18.2 Å². The van der Waals surface area contributed by atoms with Crippen LogP contribution in [0.25, 0.3) is 0 Å². The number of benzene rings is 1. The molecule has 0 heterocycles. The van der Waals surface area contributed by atoms with Gasteiger partial charge in [0.25, 0.3) is 0 Å². The Bertz CT molecular complexity index is 511. The van der Waals surface area contributed by atoms with Crippen molar-refractivity contribution in [3.05, 3.63) is 34.9 Å². The number of carboxylic acids is 3. The molecule has 0 radical (unpaired) electrons. The van der Waals surface area contributed by atoms with Crippen LogP contribution in [0.4, 0.5) is 0 Å². The predicted molar refractivity (Wildman–Crippen MR) is 64.3 cm³/mol. The van der Waals surface area contributed by atoms with Crippen molar-refractivity contribution >= 4 is 17.9 Å². The summed E-state index contributed by atoms with van der Waals surface area (Å²) in [7, 11) is 0. The predicted octanol–water partition coefficient (Wildman–Crippen LogP) is 0.647. The highest BCUT2D eigenvalue weighted by molar-refractivity contribution is 6.01. The van der Waals surface area contributed by atoms with Crippen molar-refractivity contribution in [2.45, 2.75) is 13.0 Å². The van der Waals surface area contributed by atoms with Crippen molar-refractivity contribution in [2.24, 2.45) is 0 Å². The van der Waals surface area contributed by atoms with Gasteiger partial charge in [0.2, 0.25) is 0 Å². The average molecular weight is 267 g/mol. The Hall–Kier alpha value is -2.41. The van der Waals surface area contributed by atoms with Gasteiger partial charge in [0.1, 0.15) is 0 Å². The van der Waals surface area contributed by atoms with E-state index in [4.69, 9.17) is 15.3 Å². The highest BCUT2D eigenvalue weighted by atomic mass is 16.4. The second-order valence-electron chi connectivity index (χ2n) is 3.81. The summed E-state index contributed by atoms with van der Waals surface area (Å²) in [6.07, 6.45) is -0.0427. The first-order valence-corrected chi connectivity index (χ1v) is 5.44. The van der Waals surface area contributed by atoms with Crippen LogP contribution in [-0.2, 0) is 11.3 Å².